The molecule has 0 atom stereocenters. The largest absolute Gasteiger partial charge is 0.465 e. The maximum atomic E-state index is 11.2. The molecule has 0 unspecified atom stereocenters. The summed E-state index contributed by atoms with van der Waals surface area (Å²) < 4.78 is 4.69. The van der Waals surface area contributed by atoms with Crippen LogP contribution in [-0.4, -0.2) is 38.1 Å². The van der Waals surface area contributed by atoms with Gasteiger partial charge in [-0.2, -0.15) is 0 Å². The van der Waals surface area contributed by atoms with E-state index >= 15 is 0 Å². The van der Waals surface area contributed by atoms with Crippen LogP contribution in [0.1, 0.15) is 20.8 Å². The van der Waals surface area contributed by atoms with Crippen LogP contribution in [0.3, 0.4) is 0 Å². The first-order valence-corrected chi connectivity index (χ1v) is 5.19. The van der Waals surface area contributed by atoms with Crippen LogP contribution in [0.4, 0.5) is 0 Å². The minimum absolute atomic E-state index is 0.0724. The Kier molecular flexibility index (Phi) is 7.62. The number of carbonyl (C=O) groups is 2. The highest BCUT2D eigenvalue weighted by molar-refractivity contribution is 5.79. The molecule has 0 aliphatic carbocycles. The minimum atomic E-state index is -0.339. The van der Waals surface area contributed by atoms with E-state index in [4.69, 9.17) is 0 Å². The molecule has 1 amide bonds. The van der Waals surface area contributed by atoms with E-state index in [2.05, 4.69) is 15.4 Å². The standard InChI is InChI=1S/C10H20N2O3/c1-4-15-10(14)7-11-6-9(13)12-5-8(2)3/h8,11H,4-7H2,1-3H3,(H,12,13). The molecular formula is C10H20N2O3. The third-order valence-corrected chi connectivity index (χ3v) is 1.57. The van der Waals surface area contributed by atoms with E-state index in [1.165, 1.54) is 0 Å². The van der Waals surface area contributed by atoms with Gasteiger partial charge in [-0.15, -0.1) is 0 Å². The lowest BCUT2D eigenvalue weighted by molar-refractivity contribution is -0.142. The Labute approximate surface area is 90.6 Å². The van der Waals surface area contributed by atoms with Crippen molar-refractivity contribution >= 4 is 11.9 Å². The fourth-order valence-electron chi connectivity index (χ4n) is 0.871. The van der Waals surface area contributed by atoms with Gasteiger partial charge in [-0.1, -0.05) is 13.8 Å². The maximum Gasteiger partial charge on any atom is 0.319 e. The van der Waals surface area contributed by atoms with E-state index in [0.29, 0.717) is 19.1 Å². The number of hydrogen-bond acceptors (Lipinski definition) is 4. The first-order chi connectivity index (χ1) is 7.06. The monoisotopic (exact) mass is 216 g/mol. The topological polar surface area (TPSA) is 67.4 Å². The predicted octanol–water partition coefficient (Wildman–Crippen LogP) is -0.0887. The lowest BCUT2D eigenvalue weighted by Crippen LogP contribution is -2.37. The third-order valence-electron chi connectivity index (χ3n) is 1.57. The molecule has 0 aromatic rings. The fourth-order valence-corrected chi connectivity index (χ4v) is 0.871. The van der Waals surface area contributed by atoms with Crippen LogP contribution >= 0.6 is 0 Å². The molecule has 0 radical (unpaired) electrons. The summed E-state index contributed by atoms with van der Waals surface area (Å²) >= 11 is 0. The summed E-state index contributed by atoms with van der Waals surface area (Å²) in [5, 5.41) is 5.44. The molecule has 0 spiro atoms. The van der Waals surface area contributed by atoms with Gasteiger partial charge >= 0.3 is 5.97 Å². The Morgan fingerprint density at radius 3 is 2.47 bits per heavy atom. The van der Waals surface area contributed by atoms with Crippen LogP contribution in [0.25, 0.3) is 0 Å². The second-order valence-electron chi connectivity index (χ2n) is 3.61. The van der Waals surface area contributed by atoms with Crippen LogP contribution in [0.5, 0.6) is 0 Å². The Morgan fingerprint density at radius 2 is 1.93 bits per heavy atom. The van der Waals surface area contributed by atoms with Crippen LogP contribution in [-0.2, 0) is 14.3 Å². The summed E-state index contributed by atoms with van der Waals surface area (Å²) in [5.74, 6) is -0.0128. The Bertz CT molecular complexity index is 205. The summed E-state index contributed by atoms with van der Waals surface area (Å²) in [5.41, 5.74) is 0. The molecule has 0 heterocycles. The van der Waals surface area contributed by atoms with Crippen LogP contribution in [0.15, 0.2) is 0 Å². The number of nitrogens with one attached hydrogen (secondary N) is 2. The fraction of sp³-hybridized carbons (Fsp3) is 0.800. The molecule has 0 aliphatic rings. The van der Waals surface area contributed by atoms with Crippen molar-refractivity contribution < 1.29 is 14.3 Å². The number of hydrogen-bond donors (Lipinski definition) is 2. The van der Waals surface area contributed by atoms with E-state index < -0.39 is 0 Å². The average molecular weight is 216 g/mol. The van der Waals surface area contributed by atoms with Crippen LogP contribution in [0, 0.1) is 5.92 Å². The molecule has 0 saturated heterocycles. The molecule has 0 bridgehead atoms. The third kappa shape index (κ3) is 9.21. The van der Waals surface area contributed by atoms with E-state index in [1.807, 2.05) is 13.8 Å². The zero-order chi connectivity index (χ0) is 11.7. The van der Waals surface area contributed by atoms with Crippen molar-refractivity contribution in [2.75, 3.05) is 26.2 Å². The number of ether oxygens (including phenoxy) is 1. The highest BCUT2D eigenvalue weighted by Crippen LogP contribution is 1.86. The highest BCUT2D eigenvalue weighted by atomic mass is 16.5. The number of rotatable bonds is 7. The number of amides is 1. The van der Waals surface area contributed by atoms with Gasteiger partial charge in [0.15, 0.2) is 0 Å². The van der Waals surface area contributed by atoms with Crippen molar-refractivity contribution in [3.63, 3.8) is 0 Å². The van der Waals surface area contributed by atoms with Gasteiger partial charge in [0.05, 0.1) is 19.7 Å². The molecule has 15 heavy (non-hydrogen) atoms. The van der Waals surface area contributed by atoms with E-state index in [-0.39, 0.29) is 25.0 Å². The lowest BCUT2D eigenvalue weighted by Gasteiger charge is -2.08. The normalized spacial score (nSPS) is 10.1. The Morgan fingerprint density at radius 1 is 1.27 bits per heavy atom. The molecule has 5 nitrogen and oxygen atoms in total. The zero-order valence-electron chi connectivity index (χ0n) is 9.63. The van der Waals surface area contributed by atoms with Gasteiger partial charge in [-0.05, 0) is 12.8 Å². The predicted molar refractivity (Wildman–Crippen MR) is 57.4 cm³/mol. The zero-order valence-corrected chi connectivity index (χ0v) is 9.63. The van der Waals surface area contributed by atoms with Gasteiger partial charge < -0.3 is 10.1 Å². The SMILES string of the molecule is CCOC(=O)CNCC(=O)NCC(C)C. The first kappa shape index (κ1) is 13.9. The van der Waals surface area contributed by atoms with Crippen LogP contribution in [0.2, 0.25) is 0 Å². The van der Waals surface area contributed by atoms with Crippen molar-refractivity contribution in [2.24, 2.45) is 5.92 Å². The van der Waals surface area contributed by atoms with Gasteiger partial charge in [0.1, 0.15) is 0 Å². The maximum absolute atomic E-state index is 11.2. The Balaban J connectivity index is 3.42. The summed E-state index contributed by atoms with van der Waals surface area (Å²) in [6.07, 6.45) is 0. The van der Waals surface area contributed by atoms with Crippen molar-refractivity contribution in [2.45, 2.75) is 20.8 Å². The minimum Gasteiger partial charge on any atom is -0.465 e. The van der Waals surface area contributed by atoms with Crippen molar-refractivity contribution in [1.82, 2.24) is 10.6 Å². The van der Waals surface area contributed by atoms with Crippen molar-refractivity contribution in [3.8, 4) is 0 Å². The highest BCUT2D eigenvalue weighted by Gasteiger charge is 2.04. The number of carbonyl (C=O) groups excluding carboxylic acids is 2. The van der Waals surface area contributed by atoms with E-state index in [0.717, 1.165) is 0 Å². The van der Waals surface area contributed by atoms with Gasteiger partial charge in [0, 0.05) is 6.54 Å². The summed E-state index contributed by atoms with van der Waals surface area (Å²) in [4.78, 5) is 22.0. The first-order valence-electron chi connectivity index (χ1n) is 5.19. The van der Waals surface area contributed by atoms with Crippen molar-refractivity contribution in [3.05, 3.63) is 0 Å². The van der Waals surface area contributed by atoms with Gasteiger partial charge in [-0.25, -0.2) is 0 Å². The van der Waals surface area contributed by atoms with Crippen LogP contribution < -0.4 is 10.6 Å². The van der Waals surface area contributed by atoms with Gasteiger partial charge in [0.2, 0.25) is 5.91 Å². The van der Waals surface area contributed by atoms with Gasteiger partial charge in [0.25, 0.3) is 0 Å². The molecule has 2 N–H and O–H groups in total. The molecule has 88 valence electrons. The smallest absolute Gasteiger partial charge is 0.319 e. The molecule has 0 fully saturated rings. The molecule has 0 aromatic carbocycles. The van der Waals surface area contributed by atoms with E-state index in [1.54, 1.807) is 6.92 Å². The quantitative estimate of drug-likeness (QED) is 0.584. The Hall–Kier alpha value is -1.10. The second kappa shape index (κ2) is 8.23. The summed E-state index contributed by atoms with van der Waals surface area (Å²) in [7, 11) is 0. The summed E-state index contributed by atoms with van der Waals surface area (Å²) in [6, 6.07) is 0. The number of esters is 1. The molecule has 0 aliphatic heterocycles. The average Bonchev–Trinajstić information content (AvgIpc) is 2.15. The summed E-state index contributed by atoms with van der Waals surface area (Å²) in [6.45, 7) is 7.01. The molecule has 0 rings (SSSR count). The molecule has 0 aromatic heterocycles. The molecular weight excluding hydrogens is 196 g/mol. The van der Waals surface area contributed by atoms with E-state index in [9.17, 15) is 9.59 Å². The lowest BCUT2D eigenvalue weighted by atomic mass is 10.2. The van der Waals surface area contributed by atoms with Gasteiger partial charge in [-0.3, -0.25) is 14.9 Å². The van der Waals surface area contributed by atoms with Crippen molar-refractivity contribution in [1.29, 1.82) is 0 Å². The molecule has 0 saturated carbocycles. The molecule has 5 heteroatoms. The second-order valence-corrected chi connectivity index (χ2v) is 3.61.